The molecule has 1 aliphatic carbocycles. The van der Waals surface area contributed by atoms with E-state index in [1.807, 2.05) is 42.5 Å². The predicted octanol–water partition coefficient (Wildman–Crippen LogP) is 3.81. The molecule has 1 aliphatic heterocycles. The molecule has 0 amide bonds. The van der Waals surface area contributed by atoms with Crippen molar-refractivity contribution in [3.8, 4) is 0 Å². The van der Waals surface area contributed by atoms with E-state index in [-0.39, 0.29) is 18.0 Å². The van der Waals surface area contributed by atoms with E-state index in [0.29, 0.717) is 12.8 Å². The Labute approximate surface area is 129 Å². The molecule has 0 spiro atoms. The van der Waals surface area contributed by atoms with Gasteiger partial charge in [0, 0.05) is 18.4 Å². The minimum Gasteiger partial charge on any atom is -0.459 e. The Morgan fingerprint density at radius 2 is 1.77 bits per heavy atom. The second kappa shape index (κ2) is 5.34. The van der Waals surface area contributed by atoms with Crippen LogP contribution in [-0.2, 0) is 15.9 Å². The first-order valence-corrected chi connectivity index (χ1v) is 7.49. The van der Waals surface area contributed by atoms with Gasteiger partial charge < -0.3 is 9.47 Å². The first-order valence-electron chi connectivity index (χ1n) is 7.49. The number of carbonyl (C=O) groups excluding carboxylic acids is 1. The Kier molecular flexibility index (Phi) is 3.19. The molecule has 0 aromatic heterocycles. The number of Topliss-reactive ketones (excluding diaryl/α,β-unsaturated/α-hetero) is 1. The van der Waals surface area contributed by atoms with Gasteiger partial charge in [-0.05, 0) is 11.1 Å². The van der Waals surface area contributed by atoms with Gasteiger partial charge in [0.2, 0.25) is 6.29 Å². The monoisotopic (exact) mass is 292 g/mol. The molecule has 0 fully saturated rings. The third kappa shape index (κ3) is 2.29. The smallest absolute Gasteiger partial charge is 0.244 e. The normalized spacial score (nSPS) is 22.7. The first kappa shape index (κ1) is 13.1. The summed E-state index contributed by atoms with van der Waals surface area (Å²) in [6.07, 6.45) is 2.53. The van der Waals surface area contributed by atoms with Crippen LogP contribution in [0.5, 0.6) is 0 Å². The summed E-state index contributed by atoms with van der Waals surface area (Å²) in [4.78, 5) is 12.1. The zero-order valence-corrected chi connectivity index (χ0v) is 12.1. The molecule has 3 heteroatoms. The molecule has 3 nitrogen and oxygen atoms in total. The summed E-state index contributed by atoms with van der Waals surface area (Å²) >= 11 is 0. The van der Waals surface area contributed by atoms with Gasteiger partial charge in [-0.25, -0.2) is 0 Å². The van der Waals surface area contributed by atoms with Crippen LogP contribution in [0.2, 0.25) is 0 Å². The van der Waals surface area contributed by atoms with Crippen molar-refractivity contribution in [1.82, 2.24) is 0 Å². The van der Waals surface area contributed by atoms with E-state index in [0.717, 1.165) is 16.9 Å². The number of hydrogen-bond donors (Lipinski definition) is 0. The summed E-state index contributed by atoms with van der Waals surface area (Å²) in [5.74, 6) is 0.931. The van der Waals surface area contributed by atoms with Crippen LogP contribution in [0.3, 0.4) is 0 Å². The van der Waals surface area contributed by atoms with E-state index in [1.54, 1.807) is 6.26 Å². The van der Waals surface area contributed by atoms with Crippen LogP contribution in [0, 0.1) is 0 Å². The maximum Gasteiger partial charge on any atom is 0.244 e. The third-order valence-corrected chi connectivity index (χ3v) is 4.22. The molecule has 4 rings (SSSR count). The lowest BCUT2D eigenvalue weighted by Gasteiger charge is -2.15. The fourth-order valence-electron chi connectivity index (χ4n) is 3.12. The SMILES string of the molecule is O=C1CC(C2=COC(Cc3ccccc3)O2)c2ccccc21. The van der Waals surface area contributed by atoms with Crippen molar-refractivity contribution in [1.29, 1.82) is 0 Å². The molecule has 2 atom stereocenters. The Morgan fingerprint density at radius 1 is 1.00 bits per heavy atom. The Bertz CT molecular complexity index is 733. The largest absolute Gasteiger partial charge is 0.459 e. The zero-order chi connectivity index (χ0) is 14.9. The van der Waals surface area contributed by atoms with Crippen molar-refractivity contribution >= 4 is 5.78 Å². The highest BCUT2D eigenvalue weighted by Crippen LogP contribution is 2.40. The molecule has 0 N–H and O–H groups in total. The highest BCUT2D eigenvalue weighted by molar-refractivity contribution is 6.01. The average molecular weight is 292 g/mol. The Balaban J connectivity index is 1.49. The number of rotatable bonds is 3. The van der Waals surface area contributed by atoms with Gasteiger partial charge in [-0.2, -0.15) is 0 Å². The summed E-state index contributed by atoms with van der Waals surface area (Å²) in [5, 5.41) is 0. The van der Waals surface area contributed by atoms with Crippen LogP contribution in [0.4, 0.5) is 0 Å². The molecule has 2 aliphatic rings. The molecule has 0 saturated heterocycles. The molecule has 0 bridgehead atoms. The minimum atomic E-state index is -0.305. The van der Waals surface area contributed by atoms with Gasteiger partial charge in [0.25, 0.3) is 0 Å². The number of benzene rings is 2. The first-order chi connectivity index (χ1) is 10.8. The zero-order valence-electron chi connectivity index (χ0n) is 12.1. The number of ketones is 1. The van der Waals surface area contributed by atoms with Crippen LogP contribution in [0.15, 0.2) is 66.6 Å². The molecular weight excluding hydrogens is 276 g/mol. The van der Waals surface area contributed by atoms with Crippen LogP contribution < -0.4 is 0 Å². The number of hydrogen-bond acceptors (Lipinski definition) is 3. The van der Waals surface area contributed by atoms with Gasteiger partial charge in [-0.15, -0.1) is 0 Å². The highest BCUT2D eigenvalue weighted by atomic mass is 16.7. The molecule has 2 unspecified atom stereocenters. The lowest BCUT2D eigenvalue weighted by Crippen LogP contribution is -2.13. The van der Waals surface area contributed by atoms with Crippen molar-refractivity contribution in [3.05, 3.63) is 83.3 Å². The van der Waals surface area contributed by atoms with Crippen LogP contribution >= 0.6 is 0 Å². The van der Waals surface area contributed by atoms with E-state index >= 15 is 0 Å². The lowest BCUT2D eigenvalue weighted by molar-refractivity contribution is -0.0331. The summed E-state index contributed by atoms with van der Waals surface area (Å²) < 4.78 is 11.6. The predicted molar refractivity (Wildman–Crippen MR) is 82.3 cm³/mol. The van der Waals surface area contributed by atoms with Crippen molar-refractivity contribution in [3.63, 3.8) is 0 Å². The quantitative estimate of drug-likeness (QED) is 0.863. The standard InChI is InChI=1S/C19H16O3/c20-17-11-16(14-8-4-5-9-15(14)17)18-12-21-19(22-18)10-13-6-2-1-3-7-13/h1-9,12,16,19H,10-11H2. The van der Waals surface area contributed by atoms with Gasteiger partial charge in [-0.3, -0.25) is 4.79 Å². The number of allylic oxidation sites excluding steroid dienone is 1. The number of carbonyl (C=O) groups is 1. The Morgan fingerprint density at radius 3 is 2.64 bits per heavy atom. The summed E-state index contributed by atoms with van der Waals surface area (Å²) in [7, 11) is 0. The minimum absolute atomic E-state index is 0.00975. The van der Waals surface area contributed by atoms with Gasteiger partial charge in [0.1, 0.15) is 12.0 Å². The van der Waals surface area contributed by atoms with E-state index < -0.39 is 0 Å². The van der Waals surface area contributed by atoms with Crippen LogP contribution in [0.25, 0.3) is 0 Å². The topological polar surface area (TPSA) is 35.5 Å². The summed E-state index contributed by atoms with van der Waals surface area (Å²) in [6, 6.07) is 17.9. The number of ether oxygens (including phenoxy) is 2. The Hall–Kier alpha value is -2.55. The maximum atomic E-state index is 12.1. The maximum absolute atomic E-state index is 12.1. The lowest BCUT2D eigenvalue weighted by atomic mass is 10.00. The van der Waals surface area contributed by atoms with Crippen molar-refractivity contribution in [2.45, 2.75) is 25.0 Å². The third-order valence-electron chi connectivity index (χ3n) is 4.22. The van der Waals surface area contributed by atoms with Crippen molar-refractivity contribution in [2.75, 3.05) is 0 Å². The molecule has 2 aromatic carbocycles. The van der Waals surface area contributed by atoms with Gasteiger partial charge in [0.15, 0.2) is 5.78 Å². The summed E-state index contributed by atoms with van der Waals surface area (Å²) in [5.41, 5.74) is 3.02. The molecule has 110 valence electrons. The second-order valence-corrected chi connectivity index (χ2v) is 5.66. The molecule has 2 aromatic rings. The van der Waals surface area contributed by atoms with Crippen LogP contribution in [0.1, 0.15) is 33.8 Å². The molecule has 22 heavy (non-hydrogen) atoms. The van der Waals surface area contributed by atoms with Gasteiger partial charge >= 0.3 is 0 Å². The van der Waals surface area contributed by atoms with E-state index in [1.165, 1.54) is 5.56 Å². The van der Waals surface area contributed by atoms with Crippen LogP contribution in [-0.4, -0.2) is 12.1 Å². The average Bonchev–Trinajstić information content (AvgIpc) is 3.14. The molecule has 0 saturated carbocycles. The van der Waals surface area contributed by atoms with Crippen molar-refractivity contribution in [2.24, 2.45) is 0 Å². The second-order valence-electron chi connectivity index (χ2n) is 5.66. The van der Waals surface area contributed by atoms with E-state index in [4.69, 9.17) is 9.47 Å². The van der Waals surface area contributed by atoms with E-state index in [2.05, 4.69) is 12.1 Å². The van der Waals surface area contributed by atoms with Gasteiger partial charge in [0.05, 0.1) is 5.92 Å². The fourth-order valence-corrected chi connectivity index (χ4v) is 3.12. The molecule has 1 heterocycles. The fraction of sp³-hybridized carbons (Fsp3) is 0.211. The number of fused-ring (bicyclic) bond motifs is 1. The van der Waals surface area contributed by atoms with E-state index in [9.17, 15) is 4.79 Å². The molecule has 0 radical (unpaired) electrons. The highest BCUT2D eigenvalue weighted by Gasteiger charge is 2.36. The summed E-state index contributed by atoms with van der Waals surface area (Å²) in [6.45, 7) is 0. The molecular formula is C19H16O3. The van der Waals surface area contributed by atoms with Crippen molar-refractivity contribution < 1.29 is 14.3 Å². The van der Waals surface area contributed by atoms with Gasteiger partial charge in [-0.1, -0.05) is 54.6 Å².